The van der Waals surface area contributed by atoms with E-state index in [9.17, 15) is 4.21 Å². The zero-order valence-corrected chi connectivity index (χ0v) is 12.2. The van der Waals surface area contributed by atoms with Gasteiger partial charge in [-0.05, 0) is 24.6 Å². The quantitative estimate of drug-likeness (QED) is 0.817. The Morgan fingerprint density at radius 3 is 2.50 bits per heavy atom. The molecule has 0 aliphatic heterocycles. The van der Waals surface area contributed by atoms with E-state index in [0.29, 0.717) is 5.75 Å². The number of nitrogens with one attached hydrogen (secondary N) is 1. The van der Waals surface area contributed by atoms with Crippen molar-refractivity contribution in [1.29, 1.82) is 0 Å². The highest BCUT2D eigenvalue weighted by atomic mass is 32.2. The van der Waals surface area contributed by atoms with E-state index in [1.54, 1.807) is 20.5 Å². The molecule has 0 amide bonds. The minimum absolute atomic E-state index is 0.226. The fourth-order valence-electron chi connectivity index (χ4n) is 1.69. The molecule has 102 valence electrons. The summed E-state index contributed by atoms with van der Waals surface area (Å²) in [4.78, 5) is 0. The second kappa shape index (κ2) is 7.38. The van der Waals surface area contributed by atoms with E-state index in [-0.39, 0.29) is 6.04 Å². The van der Waals surface area contributed by atoms with Gasteiger partial charge >= 0.3 is 0 Å². The SMILES string of the molecule is COc1ccc(CNC(C)CS(C)=O)cc1OC. The topological polar surface area (TPSA) is 47.6 Å². The highest BCUT2D eigenvalue weighted by Gasteiger charge is 2.07. The summed E-state index contributed by atoms with van der Waals surface area (Å²) in [6.07, 6.45) is 1.72. The summed E-state index contributed by atoms with van der Waals surface area (Å²) in [6.45, 7) is 2.75. The van der Waals surface area contributed by atoms with Gasteiger partial charge in [0.05, 0.1) is 14.2 Å². The van der Waals surface area contributed by atoms with Crippen LogP contribution in [0.25, 0.3) is 0 Å². The van der Waals surface area contributed by atoms with Crippen molar-refractivity contribution in [3.8, 4) is 11.5 Å². The molecule has 1 aromatic rings. The highest BCUT2D eigenvalue weighted by molar-refractivity contribution is 7.84. The van der Waals surface area contributed by atoms with Crippen LogP contribution in [-0.2, 0) is 17.3 Å². The van der Waals surface area contributed by atoms with Crippen LogP contribution < -0.4 is 14.8 Å². The maximum Gasteiger partial charge on any atom is 0.161 e. The van der Waals surface area contributed by atoms with E-state index in [2.05, 4.69) is 5.32 Å². The van der Waals surface area contributed by atoms with Gasteiger partial charge in [0.2, 0.25) is 0 Å². The van der Waals surface area contributed by atoms with Gasteiger partial charge in [0.25, 0.3) is 0 Å². The Labute approximate surface area is 111 Å². The fourth-order valence-corrected chi connectivity index (χ4v) is 2.52. The molecule has 18 heavy (non-hydrogen) atoms. The van der Waals surface area contributed by atoms with Gasteiger partial charge in [0.15, 0.2) is 11.5 Å². The number of rotatable bonds is 7. The molecule has 0 saturated carbocycles. The predicted molar refractivity (Wildman–Crippen MR) is 74.8 cm³/mol. The molecule has 2 unspecified atom stereocenters. The van der Waals surface area contributed by atoms with Crippen LogP contribution in [0.15, 0.2) is 18.2 Å². The Hall–Kier alpha value is -1.07. The summed E-state index contributed by atoms with van der Waals surface area (Å²) >= 11 is 0. The molecule has 0 radical (unpaired) electrons. The van der Waals surface area contributed by atoms with Crippen molar-refractivity contribution in [3.05, 3.63) is 23.8 Å². The third-order valence-electron chi connectivity index (χ3n) is 2.59. The van der Waals surface area contributed by atoms with Crippen LogP contribution in [0.3, 0.4) is 0 Å². The normalized spacial score (nSPS) is 14.0. The number of hydrogen-bond acceptors (Lipinski definition) is 4. The predicted octanol–water partition coefficient (Wildman–Crippen LogP) is 1.56. The molecule has 0 spiro atoms. The Balaban J connectivity index is 2.60. The van der Waals surface area contributed by atoms with Crippen LogP contribution in [0.4, 0.5) is 0 Å². The molecule has 1 aromatic carbocycles. The van der Waals surface area contributed by atoms with Crippen molar-refractivity contribution in [1.82, 2.24) is 5.32 Å². The average Bonchev–Trinajstić information content (AvgIpc) is 2.35. The molecule has 0 fully saturated rings. The van der Waals surface area contributed by atoms with Crippen LogP contribution in [0, 0.1) is 0 Å². The molecular formula is C13H21NO3S. The van der Waals surface area contributed by atoms with Crippen LogP contribution in [0.2, 0.25) is 0 Å². The molecule has 4 nitrogen and oxygen atoms in total. The molecule has 0 saturated heterocycles. The fraction of sp³-hybridized carbons (Fsp3) is 0.538. The van der Waals surface area contributed by atoms with E-state index in [1.165, 1.54) is 0 Å². The number of ether oxygens (including phenoxy) is 2. The molecule has 0 aromatic heterocycles. The van der Waals surface area contributed by atoms with E-state index in [4.69, 9.17) is 9.47 Å². The molecular weight excluding hydrogens is 250 g/mol. The Kier molecular flexibility index (Phi) is 6.15. The van der Waals surface area contributed by atoms with Crippen molar-refractivity contribution < 1.29 is 13.7 Å². The second-order valence-corrected chi connectivity index (χ2v) is 5.69. The first kappa shape index (κ1) is 15.0. The van der Waals surface area contributed by atoms with Gasteiger partial charge in [0.1, 0.15) is 0 Å². The lowest BCUT2D eigenvalue weighted by molar-refractivity contribution is 0.354. The van der Waals surface area contributed by atoms with Crippen molar-refractivity contribution in [2.45, 2.75) is 19.5 Å². The summed E-state index contributed by atoms with van der Waals surface area (Å²) in [5.41, 5.74) is 1.11. The monoisotopic (exact) mass is 271 g/mol. The first-order chi connectivity index (χ1) is 8.56. The van der Waals surface area contributed by atoms with E-state index >= 15 is 0 Å². The van der Waals surface area contributed by atoms with Crippen LogP contribution in [-0.4, -0.2) is 36.5 Å². The molecule has 0 aliphatic carbocycles. The van der Waals surface area contributed by atoms with Crippen molar-refractivity contribution in [2.24, 2.45) is 0 Å². The molecule has 0 heterocycles. The summed E-state index contributed by atoms with van der Waals surface area (Å²) in [5, 5.41) is 3.33. The first-order valence-corrected chi connectivity index (χ1v) is 7.53. The maximum absolute atomic E-state index is 11.1. The molecule has 1 N–H and O–H groups in total. The van der Waals surface area contributed by atoms with Gasteiger partial charge < -0.3 is 14.8 Å². The second-order valence-electron chi connectivity index (χ2n) is 4.21. The van der Waals surface area contributed by atoms with Gasteiger partial charge in [0, 0.05) is 35.4 Å². The van der Waals surface area contributed by atoms with Gasteiger partial charge in [-0.2, -0.15) is 0 Å². The van der Waals surface area contributed by atoms with Gasteiger partial charge in [-0.1, -0.05) is 6.07 Å². The zero-order valence-electron chi connectivity index (χ0n) is 11.4. The lowest BCUT2D eigenvalue weighted by Crippen LogP contribution is -2.30. The van der Waals surface area contributed by atoms with Crippen LogP contribution in [0.5, 0.6) is 11.5 Å². The van der Waals surface area contributed by atoms with Crippen molar-refractivity contribution in [2.75, 3.05) is 26.2 Å². The van der Waals surface area contributed by atoms with Gasteiger partial charge in [-0.25, -0.2) is 0 Å². The highest BCUT2D eigenvalue weighted by Crippen LogP contribution is 2.27. The van der Waals surface area contributed by atoms with E-state index in [0.717, 1.165) is 23.6 Å². The molecule has 5 heteroatoms. The Bertz CT molecular complexity index is 409. The Morgan fingerprint density at radius 2 is 1.94 bits per heavy atom. The summed E-state index contributed by atoms with van der Waals surface area (Å²) in [7, 11) is 2.47. The summed E-state index contributed by atoms with van der Waals surface area (Å²) in [5.74, 6) is 2.11. The van der Waals surface area contributed by atoms with E-state index < -0.39 is 10.8 Å². The maximum atomic E-state index is 11.1. The van der Waals surface area contributed by atoms with E-state index in [1.807, 2.05) is 25.1 Å². The summed E-state index contributed by atoms with van der Waals surface area (Å²) < 4.78 is 21.5. The minimum atomic E-state index is -0.772. The van der Waals surface area contributed by atoms with Gasteiger partial charge in [-0.15, -0.1) is 0 Å². The lowest BCUT2D eigenvalue weighted by Gasteiger charge is -2.14. The van der Waals surface area contributed by atoms with Crippen molar-refractivity contribution in [3.63, 3.8) is 0 Å². The first-order valence-electron chi connectivity index (χ1n) is 5.81. The minimum Gasteiger partial charge on any atom is -0.493 e. The third kappa shape index (κ3) is 4.66. The number of hydrogen-bond donors (Lipinski definition) is 1. The van der Waals surface area contributed by atoms with Crippen molar-refractivity contribution >= 4 is 10.8 Å². The van der Waals surface area contributed by atoms with Crippen LogP contribution in [0.1, 0.15) is 12.5 Å². The number of methoxy groups -OCH3 is 2. The zero-order chi connectivity index (χ0) is 13.5. The standard InChI is InChI=1S/C13H21NO3S/c1-10(9-18(4)15)14-8-11-5-6-12(16-2)13(7-11)17-3/h5-7,10,14H,8-9H2,1-4H3. The lowest BCUT2D eigenvalue weighted by atomic mass is 10.2. The molecule has 0 aliphatic rings. The smallest absolute Gasteiger partial charge is 0.161 e. The van der Waals surface area contributed by atoms with Gasteiger partial charge in [-0.3, -0.25) is 4.21 Å². The Morgan fingerprint density at radius 1 is 1.28 bits per heavy atom. The third-order valence-corrected chi connectivity index (χ3v) is 3.56. The largest absolute Gasteiger partial charge is 0.493 e. The summed E-state index contributed by atoms with van der Waals surface area (Å²) in [6, 6.07) is 6.05. The van der Waals surface area contributed by atoms with Crippen LogP contribution >= 0.6 is 0 Å². The number of benzene rings is 1. The molecule has 1 rings (SSSR count). The molecule has 0 bridgehead atoms. The average molecular weight is 271 g/mol. The molecule has 2 atom stereocenters.